The monoisotopic (exact) mass is 453 g/mol. The molecule has 2 aromatic heterocycles. The second-order valence-corrected chi connectivity index (χ2v) is 9.17. The first-order valence-electron chi connectivity index (χ1n) is 10.8. The van der Waals surface area contributed by atoms with E-state index in [0.29, 0.717) is 18.7 Å². The molecule has 1 atom stereocenters. The average Bonchev–Trinajstić information content (AvgIpc) is 3.18. The highest BCUT2D eigenvalue weighted by Gasteiger charge is 2.48. The molecule has 2 aliphatic rings. The van der Waals surface area contributed by atoms with E-state index >= 15 is 0 Å². The quantitative estimate of drug-likeness (QED) is 0.571. The van der Waals surface area contributed by atoms with Crippen molar-refractivity contribution in [2.45, 2.75) is 68.7 Å². The molecular formula is C23H27ClF3N3O. The molecule has 0 radical (unpaired) electrons. The van der Waals surface area contributed by atoms with Gasteiger partial charge in [-0.3, -0.25) is 4.98 Å². The molecule has 2 fully saturated rings. The molecule has 4 rings (SSSR count). The van der Waals surface area contributed by atoms with E-state index in [1.54, 1.807) is 0 Å². The van der Waals surface area contributed by atoms with Gasteiger partial charge in [-0.05, 0) is 62.4 Å². The van der Waals surface area contributed by atoms with Crippen molar-refractivity contribution in [3.63, 3.8) is 0 Å². The van der Waals surface area contributed by atoms with E-state index in [1.165, 1.54) is 25.1 Å². The Morgan fingerprint density at radius 1 is 1.13 bits per heavy atom. The highest BCUT2D eigenvalue weighted by molar-refractivity contribution is 6.31. The molecule has 1 saturated heterocycles. The number of halogens is 4. The van der Waals surface area contributed by atoms with E-state index in [2.05, 4.69) is 16.4 Å². The maximum atomic E-state index is 12.8. The first kappa shape index (κ1) is 22.5. The normalized spacial score (nSPS) is 23.4. The number of ether oxygens (including phenoxy) is 1. The molecule has 1 aliphatic heterocycles. The highest BCUT2D eigenvalue weighted by Crippen LogP contribution is 2.49. The number of rotatable bonds is 6. The summed E-state index contributed by atoms with van der Waals surface area (Å²) in [5.41, 5.74) is 0.582. The summed E-state index contributed by atoms with van der Waals surface area (Å²) in [7, 11) is 0. The van der Waals surface area contributed by atoms with Gasteiger partial charge in [-0.15, -0.1) is 0 Å². The first-order chi connectivity index (χ1) is 14.8. The number of aromatic nitrogens is 2. The van der Waals surface area contributed by atoms with Gasteiger partial charge in [0.05, 0.1) is 10.6 Å². The van der Waals surface area contributed by atoms with E-state index in [0.717, 1.165) is 44.4 Å². The molecular weight excluding hydrogens is 427 g/mol. The van der Waals surface area contributed by atoms with Gasteiger partial charge >= 0.3 is 6.18 Å². The summed E-state index contributed by atoms with van der Waals surface area (Å²) in [6.45, 7) is 1.85. The Kier molecular flexibility index (Phi) is 6.56. The summed E-state index contributed by atoms with van der Waals surface area (Å²) < 4.78 is 44.8. The molecule has 4 nitrogen and oxygen atoms in total. The number of pyridine rings is 2. The van der Waals surface area contributed by atoms with E-state index in [4.69, 9.17) is 21.3 Å². The Hall–Kier alpha value is -1.70. The van der Waals surface area contributed by atoms with Crippen LogP contribution < -0.4 is 5.32 Å². The van der Waals surface area contributed by atoms with Crippen molar-refractivity contribution in [2.75, 3.05) is 13.2 Å². The van der Waals surface area contributed by atoms with Crippen molar-refractivity contribution in [3.8, 4) is 0 Å². The van der Waals surface area contributed by atoms with Crippen molar-refractivity contribution in [1.82, 2.24) is 15.3 Å². The zero-order valence-corrected chi connectivity index (χ0v) is 18.1. The molecule has 3 heterocycles. The summed E-state index contributed by atoms with van der Waals surface area (Å²) in [4.78, 5) is 8.20. The molecule has 1 unspecified atom stereocenters. The average molecular weight is 454 g/mol. The van der Waals surface area contributed by atoms with Crippen LogP contribution in [0.5, 0.6) is 0 Å². The van der Waals surface area contributed by atoms with Crippen LogP contribution in [-0.2, 0) is 22.9 Å². The number of hydrogen-bond acceptors (Lipinski definition) is 4. The minimum atomic E-state index is -4.54. The molecule has 31 heavy (non-hydrogen) atoms. The fourth-order valence-electron chi connectivity index (χ4n) is 5.14. The van der Waals surface area contributed by atoms with Gasteiger partial charge in [-0.25, -0.2) is 4.98 Å². The zero-order valence-electron chi connectivity index (χ0n) is 17.3. The van der Waals surface area contributed by atoms with Gasteiger partial charge in [0.15, 0.2) is 5.69 Å². The summed E-state index contributed by atoms with van der Waals surface area (Å²) in [6, 6.07) is 7.40. The molecule has 8 heteroatoms. The van der Waals surface area contributed by atoms with Crippen molar-refractivity contribution < 1.29 is 17.9 Å². The molecule has 1 N–H and O–H groups in total. The van der Waals surface area contributed by atoms with Gasteiger partial charge in [-0.2, -0.15) is 13.2 Å². The van der Waals surface area contributed by atoms with Gasteiger partial charge in [0.1, 0.15) is 0 Å². The summed E-state index contributed by atoms with van der Waals surface area (Å²) in [5, 5.41) is 2.99. The minimum absolute atomic E-state index is 0.0410. The number of alkyl halides is 3. The topological polar surface area (TPSA) is 47.0 Å². The van der Waals surface area contributed by atoms with Crippen LogP contribution in [0.3, 0.4) is 0 Å². The Morgan fingerprint density at radius 3 is 2.61 bits per heavy atom. The van der Waals surface area contributed by atoms with Crippen molar-refractivity contribution in [1.29, 1.82) is 0 Å². The molecule has 2 aromatic rings. The minimum Gasteiger partial charge on any atom is -0.375 e. The third-order valence-corrected chi connectivity index (χ3v) is 6.94. The van der Waals surface area contributed by atoms with Crippen LogP contribution in [0.15, 0.2) is 36.7 Å². The van der Waals surface area contributed by atoms with Crippen LogP contribution in [0.25, 0.3) is 0 Å². The van der Waals surface area contributed by atoms with Crippen LogP contribution in [0.1, 0.15) is 61.9 Å². The van der Waals surface area contributed by atoms with E-state index in [9.17, 15) is 13.2 Å². The predicted octanol–water partition coefficient (Wildman–Crippen LogP) is 5.69. The Balaban J connectivity index is 1.42. The Labute approximate surface area is 185 Å². The van der Waals surface area contributed by atoms with Crippen LogP contribution in [0, 0.1) is 0 Å². The number of nitrogens with zero attached hydrogens (tertiary/aromatic N) is 2. The first-order valence-corrected chi connectivity index (χ1v) is 11.2. The largest absolute Gasteiger partial charge is 0.434 e. The third kappa shape index (κ3) is 5.04. The fourth-order valence-corrected chi connectivity index (χ4v) is 5.44. The van der Waals surface area contributed by atoms with Crippen LogP contribution >= 0.6 is 11.6 Å². The van der Waals surface area contributed by atoms with Gasteiger partial charge < -0.3 is 10.1 Å². The molecule has 0 bridgehead atoms. The molecule has 1 aliphatic carbocycles. The lowest BCUT2D eigenvalue weighted by Crippen LogP contribution is -2.47. The van der Waals surface area contributed by atoms with Gasteiger partial charge in [0.25, 0.3) is 0 Å². The summed E-state index contributed by atoms with van der Waals surface area (Å²) >= 11 is 5.79. The molecule has 0 amide bonds. The second kappa shape index (κ2) is 9.04. The molecule has 0 aromatic carbocycles. The van der Waals surface area contributed by atoms with Gasteiger partial charge in [0, 0.05) is 36.7 Å². The van der Waals surface area contributed by atoms with Crippen LogP contribution in [0.4, 0.5) is 13.2 Å². The second-order valence-electron chi connectivity index (χ2n) is 8.76. The third-order valence-electron chi connectivity index (χ3n) is 6.65. The van der Waals surface area contributed by atoms with E-state index in [1.807, 2.05) is 18.3 Å². The van der Waals surface area contributed by atoms with Gasteiger partial charge in [-0.1, -0.05) is 30.5 Å². The predicted molar refractivity (Wildman–Crippen MR) is 113 cm³/mol. The number of nitrogens with one attached hydrogen (secondary N) is 1. The standard InChI is InChI=1S/C23H27ClF3N3O/c24-18-13-17(15-30-20(18)23(25,26)27)14-28-11-8-21(19-5-1-4-10-29-19)9-12-31-22(16-21)6-2-3-7-22/h1,4-5,10,13,15,28H,2-3,6-9,11-12,14,16H2. The maximum absolute atomic E-state index is 12.8. The molecule has 1 saturated carbocycles. The smallest absolute Gasteiger partial charge is 0.375 e. The molecule has 168 valence electrons. The van der Waals surface area contributed by atoms with Crippen molar-refractivity contribution in [2.24, 2.45) is 0 Å². The van der Waals surface area contributed by atoms with Crippen LogP contribution in [0.2, 0.25) is 5.02 Å². The maximum Gasteiger partial charge on any atom is 0.434 e. The summed E-state index contributed by atoms with van der Waals surface area (Å²) in [5.74, 6) is 0. The lowest BCUT2D eigenvalue weighted by Gasteiger charge is -2.46. The zero-order chi connectivity index (χ0) is 22.0. The number of hydrogen-bond donors (Lipinski definition) is 1. The van der Waals surface area contributed by atoms with E-state index < -0.39 is 11.9 Å². The van der Waals surface area contributed by atoms with Gasteiger partial charge in [0.2, 0.25) is 0 Å². The lowest BCUT2D eigenvalue weighted by molar-refractivity contribution is -0.141. The van der Waals surface area contributed by atoms with Crippen molar-refractivity contribution in [3.05, 3.63) is 58.6 Å². The Morgan fingerprint density at radius 2 is 1.94 bits per heavy atom. The summed E-state index contributed by atoms with van der Waals surface area (Å²) in [6.07, 6.45) is 5.92. The lowest BCUT2D eigenvalue weighted by atomic mass is 9.68. The SMILES string of the molecule is FC(F)(F)c1ncc(CNCCC2(c3ccccn3)CCOC3(CCCC3)C2)cc1Cl. The van der Waals surface area contributed by atoms with Crippen molar-refractivity contribution >= 4 is 11.6 Å². The highest BCUT2D eigenvalue weighted by atomic mass is 35.5. The van der Waals surface area contributed by atoms with Crippen LogP contribution in [-0.4, -0.2) is 28.7 Å². The molecule has 1 spiro atoms. The fraction of sp³-hybridized carbons (Fsp3) is 0.565. The van der Waals surface area contributed by atoms with E-state index in [-0.39, 0.29) is 16.0 Å². The Bertz CT molecular complexity index is 887.